The summed E-state index contributed by atoms with van der Waals surface area (Å²) >= 11 is 0. The number of rotatable bonds is 7. The Kier molecular flexibility index (Phi) is 6.32. The highest BCUT2D eigenvalue weighted by atomic mass is 32.2. The standard InChI is InChI=1S/C24H18FN3O4S/c25-17-5-11-21(12-6-17)33(30,31)28-23-4-2-1-3-22(23)24(29)27-18-7-9-19(10-8-18)32-20-13-15-26-16-14-20/h1-16,28H,(H,27,29). The Morgan fingerprint density at radius 1 is 0.818 bits per heavy atom. The molecule has 0 aliphatic rings. The number of aromatic nitrogens is 1. The van der Waals surface area contributed by atoms with Crippen LogP contribution in [0.1, 0.15) is 10.4 Å². The van der Waals surface area contributed by atoms with Crippen LogP contribution in [-0.4, -0.2) is 19.3 Å². The molecule has 4 aromatic rings. The van der Waals surface area contributed by atoms with Crippen molar-refractivity contribution < 1.29 is 22.3 Å². The zero-order valence-electron chi connectivity index (χ0n) is 17.1. The number of sulfonamides is 1. The monoisotopic (exact) mass is 463 g/mol. The largest absolute Gasteiger partial charge is 0.457 e. The summed E-state index contributed by atoms with van der Waals surface area (Å²) < 4.78 is 46.5. The second kappa shape index (κ2) is 9.49. The van der Waals surface area contributed by atoms with Gasteiger partial charge >= 0.3 is 0 Å². The third-order valence-corrected chi connectivity index (χ3v) is 5.92. The van der Waals surface area contributed by atoms with E-state index in [1.54, 1.807) is 60.9 Å². The van der Waals surface area contributed by atoms with Crippen molar-refractivity contribution in [2.75, 3.05) is 10.0 Å². The van der Waals surface area contributed by atoms with Gasteiger partial charge in [-0.15, -0.1) is 0 Å². The molecule has 1 amide bonds. The summed E-state index contributed by atoms with van der Waals surface area (Å²) in [6, 6.07) is 20.8. The summed E-state index contributed by atoms with van der Waals surface area (Å²) in [6.07, 6.45) is 3.23. The van der Waals surface area contributed by atoms with E-state index in [1.165, 1.54) is 12.1 Å². The summed E-state index contributed by atoms with van der Waals surface area (Å²) in [5.41, 5.74) is 0.718. The van der Waals surface area contributed by atoms with Crippen molar-refractivity contribution in [1.82, 2.24) is 4.98 Å². The van der Waals surface area contributed by atoms with Crippen LogP contribution in [0.25, 0.3) is 0 Å². The van der Waals surface area contributed by atoms with Crippen LogP contribution in [0, 0.1) is 5.82 Å². The number of anilines is 2. The fourth-order valence-corrected chi connectivity index (χ4v) is 4.01. The van der Waals surface area contributed by atoms with E-state index in [-0.39, 0.29) is 16.1 Å². The van der Waals surface area contributed by atoms with Gasteiger partial charge in [-0.1, -0.05) is 12.1 Å². The Labute approximate surface area is 189 Å². The number of nitrogens with zero attached hydrogens (tertiary/aromatic N) is 1. The van der Waals surface area contributed by atoms with Crippen molar-refractivity contribution in [3.05, 3.63) is 109 Å². The van der Waals surface area contributed by atoms with E-state index in [0.717, 1.165) is 24.3 Å². The molecule has 3 aromatic carbocycles. The van der Waals surface area contributed by atoms with Crippen molar-refractivity contribution in [2.24, 2.45) is 0 Å². The second-order valence-corrected chi connectivity index (χ2v) is 8.55. The minimum atomic E-state index is -4.01. The molecule has 0 aliphatic carbocycles. The molecular weight excluding hydrogens is 445 g/mol. The first-order valence-corrected chi connectivity index (χ1v) is 11.3. The van der Waals surface area contributed by atoms with Gasteiger partial charge in [0.05, 0.1) is 16.1 Å². The molecule has 0 spiro atoms. The Hall–Kier alpha value is -4.24. The van der Waals surface area contributed by atoms with Gasteiger partial charge in [0.1, 0.15) is 17.3 Å². The SMILES string of the molecule is O=C(Nc1ccc(Oc2ccncc2)cc1)c1ccccc1NS(=O)(=O)c1ccc(F)cc1. The van der Waals surface area contributed by atoms with Crippen molar-refractivity contribution in [2.45, 2.75) is 4.90 Å². The Morgan fingerprint density at radius 3 is 2.15 bits per heavy atom. The number of amides is 1. The molecule has 33 heavy (non-hydrogen) atoms. The Balaban J connectivity index is 1.48. The zero-order chi connectivity index (χ0) is 23.3. The van der Waals surface area contributed by atoms with E-state index < -0.39 is 21.7 Å². The van der Waals surface area contributed by atoms with Crippen LogP contribution in [0.4, 0.5) is 15.8 Å². The molecule has 2 N–H and O–H groups in total. The minimum absolute atomic E-state index is 0.0944. The molecule has 7 nitrogen and oxygen atoms in total. The molecule has 0 aliphatic heterocycles. The van der Waals surface area contributed by atoms with Gasteiger partial charge in [0.25, 0.3) is 15.9 Å². The molecule has 0 saturated heterocycles. The first-order valence-electron chi connectivity index (χ1n) is 9.77. The van der Waals surface area contributed by atoms with Crippen molar-refractivity contribution >= 4 is 27.3 Å². The van der Waals surface area contributed by atoms with Crippen LogP contribution in [0.15, 0.2) is 102 Å². The summed E-state index contributed by atoms with van der Waals surface area (Å²) in [4.78, 5) is 16.6. The molecule has 0 atom stereocenters. The van der Waals surface area contributed by atoms with Gasteiger partial charge in [0, 0.05) is 18.1 Å². The van der Waals surface area contributed by atoms with Gasteiger partial charge in [-0.2, -0.15) is 0 Å². The molecule has 0 unspecified atom stereocenters. The average Bonchev–Trinajstić information content (AvgIpc) is 2.81. The van der Waals surface area contributed by atoms with E-state index in [0.29, 0.717) is 17.2 Å². The topological polar surface area (TPSA) is 97.4 Å². The Bertz CT molecular complexity index is 1360. The summed E-state index contributed by atoms with van der Waals surface area (Å²) in [5.74, 6) is 0.150. The number of carbonyl (C=O) groups is 1. The fraction of sp³-hybridized carbons (Fsp3) is 0. The molecule has 1 aromatic heterocycles. The fourth-order valence-electron chi connectivity index (χ4n) is 2.93. The van der Waals surface area contributed by atoms with E-state index in [2.05, 4.69) is 15.0 Å². The normalized spacial score (nSPS) is 10.9. The number of ether oxygens (including phenoxy) is 1. The highest BCUT2D eigenvalue weighted by Gasteiger charge is 2.19. The number of halogens is 1. The van der Waals surface area contributed by atoms with E-state index in [1.807, 2.05) is 0 Å². The first-order chi connectivity index (χ1) is 15.9. The lowest BCUT2D eigenvalue weighted by atomic mass is 10.1. The molecule has 0 radical (unpaired) electrons. The quantitative estimate of drug-likeness (QED) is 0.399. The van der Waals surface area contributed by atoms with Crippen LogP contribution in [0.2, 0.25) is 0 Å². The molecule has 0 saturated carbocycles. The predicted octanol–water partition coefficient (Wildman–Crippen LogP) is 5.07. The van der Waals surface area contributed by atoms with Crippen molar-refractivity contribution in [3.8, 4) is 11.5 Å². The van der Waals surface area contributed by atoms with Crippen molar-refractivity contribution in [1.29, 1.82) is 0 Å². The Morgan fingerprint density at radius 2 is 1.45 bits per heavy atom. The molecule has 0 fully saturated rings. The molecule has 1 heterocycles. The molecule has 166 valence electrons. The van der Waals surface area contributed by atoms with E-state index in [9.17, 15) is 17.6 Å². The van der Waals surface area contributed by atoms with E-state index >= 15 is 0 Å². The highest BCUT2D eigenvalue weighted by Crippen LogP contribution is 2.24. The summed E-state index contributed by atoms with van der Waals surface area (Å²) in [5, 5.41) is 2.73. The number of para-hydroxylation sites is 1. The van der Waals surface area contributed by atoms with Gasteiger partial charge in [-0.05, 0) is 72.8 Å². The number of benzene rings is 3. The predicted molar refractivity (Wildman–Crippen MR) is 122 cm³/mol. The first kappa shape index (κ1) is 22.0. The maximum Gasteiger partial charge on any atom is 0.261 e. The lowest BCUT2D eigenvalue weighted by Crippen LogP contribution is -2.18. The molecular formula is C24H18FN3O4S. The number of hydrogen-bond donors (Lipinski definition) is 2. The number of carbonyl (C=O) groups excluding carboxylic acids is 1. The average molecular weight is 463 g/mol. The van der Waals surface area contributed by atoms with Crippen LogP contribution in [0.5, 0.6) is 11.5 Å². The van der Waals surface area contributed by atoms with Crippen LogP contribution in [0.3, 0.4) is 0 Å². The van der Waals surface area contributed by atoms with Crippen molar-refractivity contribution in [3.63, 3.8) is 0 Å². The lowest BCUT2D eigenvalue weighted by Gasteiger charge is -2.13. The van der Waals surface area contributed by atoms with Gasteiger partial charge in [0.2, 0.25) is 0 Å². The van der Waals surface area contributed by atoms with Gasteiger partial charge in [-0.25, -0.2) is 12.8 Å². The summed E-state index contributed by atoms with van der Waals surface area (Å²) in [6.45, 7) is 0. The minimum Gasteiger partial charge on any atom is -0.457 e. The van der Waals surface area contributed by atoms with E-state index in [4.69, 9.17) is 4.74 Å². The second-order valence-electron chi connectivity index (χ2n) is 6.87. The number of hydrogen-bond acceptors (Lipinski definition) is 5. The third kappa shape index (κ3) is 5.52. The van der Waals surface area contributed by atoms with Gasteiger partial charge < -0.3 is 10.1 Å². The third-order valence-electron chi connectivity index (χ3n) is 4.54. The van der Waals surface area contributed by atoms with Crippen LogP contribution in [-0.2, 0) is 10.0 Å². The molecule has 0 bridgehead atoms. The smallest absolute Gasteiger partial charge is 0.261 e. The van der Waals surface area contributed by atoms with Gasteiger partial charge in [-0.3, -0.25) is 14.5 Å². The maximum atomic E-state index is 13.1. The molecule has 9 heteroatoms. The zero-order valence-corrected chi connectivity index (χ0v) is 17.9. The molecule has 4 rings (SSSR count). The number of pyridine rings is 1. The summed E-state index contributed by atoms with van der Waals surface area (Å²) in [7, 11) is -4.01. The maximum absolute atomic E-state index is 13.1. The highest BCUT2D eigenvalue weighted by molar-refractivity contribution is 7.92. The van der Waals surface area contributed by atoms with Gasteiger partial charge in [0.15, 0.2) is 0 Å². The number of nitrogens with one attached hydrogen (secondary N) is 2. The van der Waals surface area contributed by atoms with Crippen LogP contribution >= 0.6 is 0 Å². The lowest BCUT2D eigenvalue weighted by molar-refractivity contribution is 0.102. The van der Waals surface area contributed by atoms with Crippen LogP contribution < -0.4 is 14.8 Å².